The molecule has 0 saturated carbocycles. The molecule has 0 bridgehead atoms. The molecular weight excluding hydrogens is 250 g/mol. The summed E-state index contributed by atoms with van der Waals surface area (Å²) in [5.74, 6) is 1.68. The number of aliphatic imine (C=N–C) groups is 1. The van der Waals surface area contributed by atoms with Gasteiger partial charge in [0, 0.05) is 24.7 Å². The van der Waals surface area contributed by atoms with E-state index in [1.54, 1.807) is 7.11 Å². The van der Waals surface area contributed by atoms with Crippen molar-refractivity contribution in [3.8, 4) is 5.75 Å². The third-order valence-corrected chi connectivity index (χ3v) is 3.20. The summed E-state index contributed by atoms with van der Waals surface area (Å²) in [6.07, 6.45) is 1.97. The van der Waals surface area contributed by atoms with E-state index >= 15 is 0 Å². The van der Waals surface area contributed by atoms with Crippen LogP contribution in [0.3, 0.4) is 0 Å². The van der Waals surface area contributed by atoms with Crippen LogP contribution in [-0.4, -0.2) is 32.7 Å². The zero-order valence-electron chi connectivity index (χ0n) is 10.5. The minimum Gasteiger partial charge on any atom is -0.497 e. The summed E-state index contributed by atoms with van der Waals surface area (Å²) in [7, 11) is 1.64. The molecule has 0 aliphatic carbocycles. The Morgan fingerprint density at radius 1 is 1.50 bits per heavy atom. The van der Waals surface area contributed by atoms with Crippen LogP contribution in [0.5, 0.6) is 5.75 Å². The van der Waals surface area contributed by atoms with Gasteiger partial charge >= 0.3 is 0 Å². The van der Waals surface area contributed by atoms with E-state index < -0.39 is 0 Å². The summed E-state index contributed by atoms with van der Waals surface area (Å²) in [5, 5.41) is 7.24. The molecule has 0 saturated heterocycles. The van der Waals surface area contributed by atoms with Gasteiger partial charge in [0.25, 0.3) is 0 Å². The van der Waals surface area contributed by atoms with Crippen molar-refractivity contribution in [2.24, 2.45) is 4.99 Å². The molecule has 0 unspecified atom stereocenters. The number of hydrogen-bond acceptors (Lipinski definition) is 4. The molecule has 1 aliphatic rings. The summed E-state index contributed by atoms with van der Waals surface area (Å²) in [6, 6.07) is 5.77. The lowest BCUT2D eigenvalue weighted by Gasteiger charge is -2.16. The second-order valence-corrected chi connectivity index (χ2v) is 4.55. The van der Waals surface area contributed by atoms with Gasteiger partial charge in [0.05, 0.1) is 7.11 Å². The number of guanidine groups is 1. The summed E-state index contributed by atoms with van der Waals surface area (Å²) in [5.41, 5.74) is 1.11. The largest absolute Gasteiger partial charge is 0.497 e. The number of nitrogens with zero attached hydrogens (tertiary/aromatic N) is 1. The first-order chi connectivity index (χ1) is 8.79. The number of nitrogens with one attached hydrogen (secondary N) is 2. The number of halogens is 1. The van der Waals surface area contributed by atoms with E-state index in [1.807, 2.05) is 18.2 Å². The molecule has 0 aromatic heterocycles. The van der Waals surface area contributed by atoms with Gasteiger partial charge < -0.3 is 15.4 Å². The number of rotatable bonds is 4. The Morgan fingerprint density at radius 3 is 3.06 bits per heavy atom. The SMILES string of the molecule is COc1ccc(CCNC2=NCCCN2)c(Cl)c1. The van der Waals surface area contributed by atoms with Gasteiger partial charge in [-0.05, 0) is 30.5 Å². The van der Waals surface area contributed by atoms with Crippen LogP contribution < -0.4 is 15.4 Å². The van der Waals surface area contributed by atoms with Crippen molar-refractivity contribution in [3.05, 3.63) is 28.8 Å². The van der Waals surface area contributed by atoms with Gasteiger partial charge in [0.2, 0.25) is 0 Å². The highest BCUT2D eigenvalue weighted by atomic mass is 35.5. The fourth-order valence-electron chi connectivity index (χ4n) is 1.82. The normalized spacial score (nSPS) is 14.7. The minimum atomic E-state index is 0.745. The van der Waals surface area contributed by atoms with E-state index in [0.717, 1.165) is 54.8 Å². The standard InChI is InChI=1S/C13H18ClN3O/c1-18-11-4-3-10(12(14)9-11)5-8-17-13-15-6-2-7-16-13/h3-4,9H,2,5-8H2,1H3,(H2,15,16,17). The van der Waals surface area contributed by atoms with E-state index in [2.05, 4.69) is 15.6 Å². The van der Waals surface area contributed by atoms with E-state index in [1.165, 1.54) is 0 Å². The molecule has 2 rings (SSSR count). The van der Waals surface area contributed by atoms with Gasteiger partial charge in [0.15, 0.2) is 5.96 Å². The predicted molar refractivity (Wildman–Crippen MR) is 74.6 cm³/mol. The monoisotopic (exact) mass is 267 g/mol. The van der Waals surface area contributed by atoms with E-state index in [9.17, 15) is 0 Å². The molecular formula is C13H18ClN3O. The highest BCUT2D eigenvalue weighted by molar-refractivity contribution is 6.31. The van der Waals surface area contributed by atoms with Crippen LogP contribution in [0.15, 0.2) is 23.2 Å². The molecule has 1 aromatic rings. The topological polar surface area (TPSA) is 45.6 Å². The van der Waals surface area contributed by atoms with Gasteiger partial charge in [-0.25, -0.2) is 0 Å². The van der Waals surface area contributed by atoms with Crippen LogP contribution in [0, 0.1) is 0 Å². The van der Waals surface area contributed by atoms with Crippen molar-refractivity contribution in [3.63, 3.8) is 0 Å². The predicted octanol–water partition coefficient (Wildman–Crippen LogP) is 1.83. The molecule has 2 N–H and O–H groups in total. The maximum atomic E-state index is 6.18. The Morgan fingerprint density at radius 2 is 2.39 bits per heavy atom. The summed E-state index contributed by atoms with van der Waals surface area (Å²) >= 11 is 6.18. The average molecular weight is 268 g/mol. The molecule has 5 heteroatoms. The third kappa shape index (κ3) is 3.53. The number of benzene rings is 1. The van der Waals surface area contributed by atoms with Gasteiger partial charge in [-0.1, -0.05) is 17.7 Å². The summed E-state index contributed by atoms with van der Waals surface area (Å²) < 4.78 is 5.12. The van der Waals surface area contributed by atoms with Crippen molar-refractivity contribution in [1.82, 2.24) is 10.6 Å². The van der Waals surface area contributed by atoms with E-state index in [-0.39, 0.29) is 0 Å². The Labute approximate surface area is 112 Å². The third-order valence-electron chi connectivity index (χ3n) is 2.84. The quantitative estimate of drug-likeness (QED) is 0.875. The molecule has 0 amide bonds. The van der Waals surface area contributed by atoms with Crippen molar-refractivity contribution in [1.29, 1.82) is 0 Å². The second kappa shape index (κ2) is 6.50. The maximum Gasteiger partial charge on any atom is 0.191 e. The zero-order valence-corrected chi connectivity index (χ0v) is 11.3. The Hall–Kier alpha value is -1.42. The molecule has 1 heterocycles. The van der Waals surface area contributed by atoms with Gasteiger partial charge in [-0.2, -0.15) is 0 Å². The molecule has 1 aromatic carbocycles. The molecule has 0 atom stereocenters. The molecule has 1 aliphatic heterocycles. The van der Waals surface area contributed by atoms with Crippen LogP contribution in [0.1, 0.15) is 12.0 Å². The lowest BCUT2D eigenvalue weighted by molar-refractivity contribution is 0.414. The molecule has 4 nitrogen and oxygen atoms in total. The van der Waals surface area contributed by atoms with Crippen molar-refractivity contribution in [2.75, 3.05) is 26.7 Å². The highest BCUT2D eigenvalue weighted by Crippen LogP contribution is 2.22. The Bertz CT molecular complexity index is 434. The first kappa shape index (κ1) is 13.0. The van der Waals surface area contributed by atoms with Crippen LogP contribution in [0.2, 0.25) is 5.02 Å². The Kier molecular flexibility index (Phi) is 4.70. The Balaban J connectivity index is 1.84. The highest BCUT2D eigenvalue weighted by Gasteiger charge is 2.05. The van der Waals surface area contributed by atoms with Crippen molar-refractivity contribution >= 4 is 17.6 Å². The number of ether oxygens (including phenoxy) is 1. The first-order valence-electron chi connectivity index (χ1n) is 6.14. The second-order valence-electron chi connectivity index (χ2n) is 4.14. The molecule has 0 fully saturated rings. The fourth-order valence-corrected chi connectivity index (χ4v) is 2.09. The van der Waals surface area contributed by atoms with Crippen LogP contribution in [-0.2, 0) is 6.42 Å². The molecule has 0 spiro atoms. The van der Waals surface area contributed by atoms with Crippen molar-refractivity contribution in [2.45, 2.75) is 12.8 Å². The maximum absolute atomic E-state index is 6.18. The van der Waals surface area contributed by atoms with Crippen LogP contribution in [0.25, 0.3) is 0 Å². The summed E-state index contributed by atoms with van der Waals surface area (Å²) in [6.45, 7) is 2.71. The van der Waals surface area contributed by atoms with Gasteiger partial charge in [0.1, 0.15) is 5.75 Å². The average Bonchev–Trinajstić information content (AvgIpc) is 2.42. The number of methoxy groups -OCH3 is 1. The smallest absolute Gasteiger partial charge is 0.191 e. The summed E-state index contributed by atoms with van der Waals surface area (Å²) in [4.78, 5) is 4.35. The van der Waals surface area contributed by atoms with E-state index in [0.29, 0.717) is 0 Å². The molecule has 98 valence electrons. The minimum absolute atomic E-state index is 0.745. The van der Waals surface area contributed by atoms with Crippen molar-refractivity contribution < 1.29 is 4.74 Å². The zero-order chi connectivity index (χ0) is 12.8. The molecule has 0 radical (unpaired) electrons. The van der Waals surface area contributed by atoms with Crippen LogP contribution >= 0.6 is 11.6 Å². The first-order valence-corrected chi connectivity index (χ1v) is 6.52. The van der Waals surface area contributed by atoms with E-state index in [4.69, 9.17) is 16.3 Å². The molecule has 18 heavy (non-hydrogen) atoms. The lowest BCUT2D eigenvalue weighted by atomic mass is 10.1. The van der Waals surface area contributed by atoms with Crippen LogP contribution in [0.4, 0.5) is 0 Å². The lowest BCUT2D eigenvalue weighted by Crippen LogP contribution is -2.41. The van der Waals surface area contributed by atoms with Gasteiger partial charge in [-0.3, -0.25) is 4.99 Å². The fraction of sp³-hybridized carbons (Fsp3) is 0.462. The van der Waals surface area contributed by atoms with Gasteiger partial charge in [-0.15, -0.1) is 0 Å². The number of hydrogen-bond donors (Lipinski definition) is 2.